The maximum Gasteiger partial charge on any atom is 0.305 e. The van der Waals surface area contributed by atoms with Crippen LogP contribution in [0, 0.1) is 5.92 Å². The average Bonchev–Trinajstić information content (AvgIpc) is 2.46. The first-order valence-electron chi connectivity index (χ1n) is 7.90. The van der Waals surface area contributed by atoms with Crippen LogP contribution in [0.3, 0.4) is 0 Å². The first-order valence-corrected chi connectivity index (χ1v) is 7.90. The third-order valence-electron chi connectivity index (χ3n) is 3.55. The molecule has 128 valence electrons. The maximum absolute atomic E-state index is 11.5. The molecule has 0 bridgehead atoms. The SMILES string of the molecule is CCCCCCCCC(=O)OCCC(C(N)=O)C(N)C(N)=O. The van der Waals surface area contributed by atoms with Crippen molar-refractivity contribution in [2.24, 2.45) is 23.1 Å². The molecular weight excluding hydrogens is 286 g/mol. The predicted molar refractivity (Wildman–Crippen MR) is 83.4 cm³/mol. The van der Waals surface area contributed by atoms with Crippen LogP contribution in [0.2, 0.25) is 0 Å². The van der Waals surface area contributed by atoms with Gasteiger partial charge in [0.1, 0.15) is 0 Å². The molecule has 0 saturated carbocycles. The summed E-state index contributed by atoms with van der Waals surface area (Å²) in [4.78, 5) is 33.7. The third kappa shape index (κ3) is 9.33. The summed E-state index contributed by atoms with van der Waals surface area (Å²) in [5, 5.41) is 0. The van der Waals surface area contributed by atoms with E-state index in [0.29, 0.717) is 6.42 Å². The van der Waals surface area contributed by atoms with Gasteiger partial charge in [-0.1, -0.05) is 39.0 Å². The van der Waals surface area contributed by atoms with Crippen molar-refractivity contribution in [1.82, 2.24) is 0 Å². The molecule has 7 nitrogen and oxygen atoms in total. The number of carbonyl (C=O) groups excluding carboxylic acids is 3. The summed E-state index contributed by atoms with van der Waals surface area (Å²) in [7, 11) is 0. The Balaban J connectivity index is 3.85. The largest absolute Gasteiger partial charge is 0.466 e. The zero-order valence-corrected chi connectivity index (χ0v) is 13.4. The highest BCUT2D eigenvalue weighted by Gasteiger charge is 2.27. The number of carbonyl (C=O) groups is 3. The highest BCUT2D eigenvalue weighted by atomic mass is 16.5. The smallest absolute Gasteiger partial charge is 0.305 e. The molecule has 7 heteroatoms. The van der Waals surface area contributed by atoms with E-state index >= 15 is 0 Å². The Kier molecular flexibility index (Phi) is 11.1. The van der Waals surface area contributed by atoms with E-state index in [9.17, 15) is 14.4 Å². The molecule has 2 amide bonds. The van der Waals surface area contributed by atoms with Crippen LogP contribution in [0.5, 0.6) is 0 Å². The number of esters is 1. The van der Waals surface area contributed by atoms with Gasteiger partial charge in [0.05, 0.1) is 18.6 Å². The predicted octanol–water partition coefficient (Wildman–Crippen LogP) is 0.584. The summed E-state index contributed by atoms with van der Waals surface area (Å²) < 4.78 is 5.03. The van der Waals surface area contributed by atoms with Crippen LogP contribution in [-0.2, 0) is 19.1 Å². The first-order chi connectivity index (χ1) is 10.4. The van der Waals surface area contributed by atoms with Gasteiger partial charge in [-0.15, -0.1) is 0 Å². The van der Waals surface area contributed by atoms with E-state index in [0.717, 1.165) is 19.3 Å². The second kappa shape index (κ2) is 12.0. The van der Waals surface area contributed by atoms with Gasteiger partial charge in [0, 0.05) is 6.42 Å². The summed E-state index contributed by atoms with van der Waals surface area (Å²) in [6.45, 7) is 2.16. The van der Waals surface area contributed by atoms with E-state index in [-0.39, 0.29) is 19.0 Å². The fraction of sp³-hybridized carbons (Fsp3) is 0.800. The number of hydrogen-bond donors (Lipinski definition) is 3. The highest BCUT2D eigenvalue weighted by Crippen LogP contribution is 2.10. The minimum absolute atomic E-state index is 0.00323. The molecule has 22 heavy (non-hydrogen) atoms. The normalized spacial score (nSPS) is 13.4. The summed E-state index contributed by atoms with van der Waals surface area (Å²) >= 11 is 0. The quantitative estimate of drug-likeness (QED) is 0.337. The lowest BCUT2D eigenvalue weighted by molar-refractivity contribution is -0.145. The van der Waals surface area contributed by atoms with E-state index in [1.807, 2.05) is 0 Å². The van der Waals surface area contributed by atoms with Crippen LogP contribution >= 0.6 is 0 Å². The molecule has 0 saturated heterocycles. The van der Waals surface area contributed by atoms with Crippen LogP contribution < -0.4 is 17.2 Å². The van der Waals surface area contributed by atoms with Gasteiger partial charge in [-0.3, -0.25) is 14.4 Å². The average molecular weight is 315 g/mol. The Morgan fingerprint density at radius 2 is 1.55 bits per heavy atom. The van der Waals surface area contributed by atoms with Crippen molar-refractivity contribution < 1.29 is 19.1 Å². The zero-order valence-electron chi connectivity index (χ0n) is 13.4. The Hall–Kier alpha value is -1.63. The van der Waals surface area contributed by atoms with Crippen molar-refractivity contribution in [1.29, 1.82) is 0 Å². The number of primary amides is 2. The molecule has 0 aliphatic heterocycles. The van der Waals surface area contributed by atoms with E-state index in [4.69, 9.17) is 21.9 Å². The number of nitrogens with two attached hydrogens (primary N) is 3. The molecule has 0 rings (SSSR count). The fourth-order valence-corrected chi connectivity index (χ4v) is 2.12. The standard InChI is InChI=1S/C15H29N3O4/c1-2-3-4-5-6-7-8-12(19)22-10-9-11(14(17)20)13(16)15(18)21/h11,13H,2-10,16H2,1H3,(H2,17,20)(H2,18,21). The van der Waals surface area contributed by atoms with Crippen molar-refractivity contribution in [2.45, 2.75) is 64.3 Å². The molecule has 0 fully saturated rings. The van der Waals surface area contributed by atoms with Gasteiger partial charge in [-0.2, -0.15) is 0 Å². The molecule has 6 N–H and O–H groups in total. The minimum Gasteiger partial charge on any atom is -0.466 e. The number of amides is 2. The molecule has 0 aliphatic rings. The topological polar surface area (TPSA) is 138 Å². The van der Waals surface area contributed by atoms with Crippen LogP contribution in [0.4, 0.5) is 0 Å². The van der Waals surface area contributed by atoms with Crippen LogP contribution in [0.1, 0.15) is 58.3 Å². The Labute approximate surface area is 131 Å². The lowest BCUT2D eigenvalue weighted by Crippen LogP contribution is -2.48. The van der Waals surface area contributed by atoms with Crippen molar-refractivity contribution in [3.05, 3.63) is 0 Å². The Bertz CT molecular complexity index is 361. The Morgan fingerprint density at radius 3 is 2.09 bits per heavy atom. The molecule has 0 radical (unpaired) electrons. The second-order valence-electron chi connectivity index (χ2n) is 5.46. The van der Waals surface area contributed by atoms with E-state index in [1.165, 1.54) is 19.3 Å². The van der Waals surface area contributed by atoms with E-state index in [2.05, 4.69) is 6.92 Å². The van der Waals surface area contributed by atoms with Crippen molar-refractivity contribution >= 4 is 17.8 Å². The summed E-state index contributed by atoms with van der Waals surface area (Å²) in [6, 6.07) is -1.16. The molecule has 0 spiro atoms. The number of ether oxygens (including phenoxy) is 1. The molecule has 2 atom stereocenters. The van der Waals surface area contributed by atoms with Crippen molar-refractivity contribution in [2.75, 3.05) is 6.61 Å². The first kappa shape index (κ1) is 20.4. The van der Waals surface area contributed by atoms with Crippen LogP contribution in [0.15, 0.2) is 0 Å². The van der Waals surface area contributed by atoms with Gasteiger partial charge in [0.25, 0.3) is 0 Å². The maximum atomic E-state index is 11.5. The lowest BCUT2D eigenvalue weighted by Gasteiger charge is -2.17. The van der Waals surface area contributed by atoms with Gasteiger partial charge >= 0.3 is 5.97 Å². The number of rotatable bonds is 13. The molecule has 0 aromatic carbocycles. The third-order valence-corrected chi connectivity index (χ3v) is 3.55. The summed E-state index contributed by atoms with van der Waals surface area (Å²) in [6.07, 6.45) is 6.98. The molecule has 2 unspecified atom stereocenters. The van der Waals surface area contributed by atoms with Gasteiger partial charge in [-0.25, -0.2) is 0 Å². The van der Waals surface area contributed by atoms with Crippen LogP contribution in [-0.4, -0.2) is 30.4 Å². The number of unbranched alkanes of at least 4 members (excludes halogenated alkanes) is 5. The van der Waals surface area contributed by atoms with Gasteiger partial charge in [0.15, 0.2) is 0 Å². The monoisotopic (exact) mass is 315 g/mol. The Morgan fingerprint density at radius 1 is 0.955 bits per heavy atom. The van der Waals surface area contributed by atoms with Crippen LogP contribution in [0.25, 0.3) is 0 Å². The molecule has 0 aromatic heterocycles. The number of hydrogen-bond acceptors (Lipinski definition) is 5. The van der Waals surface area contributed by atoms with Gasteiger partial charge in [-0.05, 0) is 12.8 Å². The van der Waals surface area contributed by atoms with Gasteiger partial charge in [0.2, 0.25) is 11.8 Å². The minimum atomic E-state index is -1.16. The molecule has 0 aliphatic carbocycles. The van der Waals surface area contributed by atoms with E-state index < -0.39 is 23.8 Å². The molecule has 0 heterocycles. The fourth-order valence-electron chi connectivity index (χ4n) is 2.12. The van der Waals surface area contributed by atoms with Crippen molar-refractivity contribution in [3.63, 3.8) is 0 Å². The van der Waals surface area contributed by atoms with Gasteiger partial charge < -0.3 is 21.9 Å². The zero-order chi connectivity index (χ0) is 17.0. The molecular formula is C15H29N3O4. The lowest BCUT2D eigenvalue weighted by atomic mass is 9.96. The van der Waals surface area contributed by atoms with Crippen molar-refractivity contribution in [3.8, 4) is 0 Å². The summed E-state index contributed by atoms with van der Waals surface area (Å²) in [5.41, 5.74) is 15.7. The highest BCUT2D eigenvalue weighted by molar-refractivity contribution is 5.88. The molecule has 0 aromatic rings. The summed E-state index contributed by atoms with van der Waals surface area (Å²) in [5.74, 6) is -2.76. The van der Waals surface area contributed by atoms with E-state index in [1.54, 1.807) is 0 Å². The second-order valence-corrected chi connectivity index (χ2v) is 5.46.